The first-order valence-electron chi connectivity index (χ1n) is 5.97. The lowest BCUT2D eigenvalue weighted by Crippen LogP contribution is -2.07. The van der Waals surface area contributed by atoms with Crippen LogP contribution in [0.25, 0.3) is 0 Å². The largest absolute Gasteiger partial charge is 0.384 e. The molecular weight excluding hydrogens is 265 g/mol. The molecule has 0 heterocycles. The molecule has 5 heteroatoms. The molecule has 102 valence electrons. The summed E-state index contributed by atoms with van der Waals surface area (Å²) in [6.45, 7) is 0.334. The number of benzene rings is 2. The van der Waals surface area contributed by atoms with E-state index in [4.69, 9.17) is 5.26 Å². The second-order valence-electron chi connectivity index (χ2n) is 4.23. The van der Waals surface area contributed by atoms with Gasteiger partial charge in [-0.15, -0.1) is 0 Å². The fourth-order valence-electron chi connectivity index (χ4n) is 1.88. The minimum absolute atomic E-state index is 0.0714. The standard InChI is InChI=1S/C15H11F3N2/c16-11-6-10(7-12(17)8-11)4-5-20-15-3-1-2-14(18)13(15)9-19/h1-3,6-8,20H,4-5H2. The number of nitriles is 1. The van der Waals surface area contributed by atoms with Crippen molar-refractivity contribution in [1.29, 1.82) is 5.26 Å². The van der Waals surface area contributed by atoms with Crippen LogP contribution in [-0.4, -0.2) is 6.54 Å². The van der Waals surface area contributed by atoms with Gasteiger partial charge in [-0.2, -0.15) is 5.26 Å². The lowest BCUT2D eigenvalue weighted by molar-refractivity contribution is 0.580. The topological polar surface area (TPSA) is 35.8 Å². The first-order valence-corrected chi connectivity index (χ1v) is 5.97. The normalized spacial score (nSPS) is 10.1. The van der Waals surface area contributed by atoms with Crippen LogP contribution >= 0.6 is 0 Å². The van der Waals surface area contributed by atoms with Crippen LogP contribution in [-0.2, 0) is 6.42 Å². The van der Waals surface area contributed by atoms with Gasteiger partial charge in [0.1, 0.15) is 29.1 Å². The van der Waals surface area contributed by atoms with Crippen LogP contribution in [0.4, 0.5) is 18.9 Å². The van der Waals surface area contributed by atoms with Crippen molar-refractivity contribution in [1.82, 2.24) is 0 Å². The fourth-order valence-corrected chi connectivity index (χ4v) is 1.88. The molecule has 1 N–H and O–H groups in total. The lowest BCUT2D eigenvalue weighted by atomic mass is 10.1. The van der Waals surface area contributed by atoms with Gasteiger partial charge in [0.05, 0.1) is 5.69 Å². The molecule has 0 bridgehead atoms. The van der Waals surface area contributed by atoms with Gasteiger partial charge in [-0.3, -0.25) is 0 Å². The van der Waals surface area contributed by atoms with E-state index in [1.165, 1.54) is 24.3 Å². The predicted molar refractivity (Wildman–Crippen MR) is 69.7 cm³/mol. The van der Waals surface area contributed by atoms with Gasteiger partial charge in [0, 0.05) is 12.6 Å². The summed E-state index contributed by atoms with van der Waals surface area (Å²) in [6, 6.07) is 9.32. The molecule has 0 unspecified atom stereocenters. The van der Waals surface area contributed by atoms with E-state index in [2.05, 4.69) is 5.32 Å². The first-order chi connectivity index (χ1) is 9.60. The molecule has 0 aromatic heterocycles. The summed E-state index contributed by atoms with van der Waals surface area (Å²) in [7, 11) is 0. The van der Waals surface area contributed by atoms with Gasteiger partial charge < -0.3 is 5.32 Å². The van der Waals surface area contributed by atoms with Crippen LogP contribution in [0.5, 0.6) is 0 Å². The summed E-state index contributed by atoms with van der Waals surface area (Å²) in [5, 5.41) is 11.7. The number of hydrogen-bond donors (Lipinski definition) is 1. The second kappa shape index (κ2) is 6.11. The van der Waals surface area contributed by atoms with E-state index in [0.717, 1.165) is 6.07 Å². The van der Waals surface area contributed by atoms with Crippen molar-refractivity contribution < 1.29 is 13.2 Å². The lowest BCUT2D eigenvalue weighted by Gasteiger charge is -2.08. The number of halogens is 3. The zero-order chi connectivity index (χ0) is 14.5. The number of nitrogens with zero attached hydrogens (tertiary/aromatic N) is 1. The van der Waals surface area contributed by atoms with Gasteiger partial charge >= 0.3 is 0 Å². The Labute approximate surface area is 114 Å². The maximum atomic E-state index is 13.3. The Bertz CT molecular complexity index is 642. The van der Waals surface area contributed by atoms with Crippen molar-refractivity contribution in [3.63, 3.8) is 0 Å². The summed E-state index contributed by atoms with van der Waals surface area (Å²) in [4.78, 5) is 0. The maximum Gasteiger partial charge on any atom is 0.143 e. The SMILES string of the molecule is N#Cc1c(F)cccc1NCCc1cc(F)cc(F)c1. The van der Waals surface area contributed by atoms with E-state index in [-0.39, 0.29) is 5.56 Å². The summed E-state index contributed by atoms with van der Waals surface area (Å²) >= 11 is 0. The van der Waals surface area contributed by atoms with Crippen molar-refractivity contribution in [2.45, 2.75) is 6.42 Å². The molecule has 0 radical (unpaired) electrons. The Morgan fingerprint density at radius 3 is 2.40 bits per heavy atom. The number of rotatable bonds is 4. The van der Waals surface area contributed by atoms with Crippen molar-refractivity contribution >= 4 is 5.69 Å². The minimum Gasteiger partial charge on any atom is -0.384 e. The third-order valence-corrected chi connectivity index (χ3v) is 2.78. The highest BCUT2D eigenvalue weighted by Crippen LogP contribution is 2.18. The molecule has 2 rings (SSSR count). The molecule has 0 amide bonds. The zero-order valence-corrected chi connectivity index (χ0v) is 10.5. The molecule has 0 aliphatic carbocycles. The van der Waals surface area contributed by atoms with Gasteiger partial charge in [-0.1, -0.05) is 6.07 Å². The van der Waals surface area contributed by atoms with E-state index in [1.54, 1.807) is 12.1 Å². The first kappa shape index (κ1) is 13.9. The molecule has 2 aromatic carbocycles. The van der Waals surface area contributed by atoms with Crippen LogP contribution in [0.3, 0.4) is 0 Å². The van der Waals surface area contributed by atoms with E-state index in [9.17, 15) is 13.2 Å². The van der Waals surface area contributed by atoms with E-state index >= 15 is 0 Å². The maximum absolute atomic E-state index is 13.3. The molecule has 0 aliphatic rings. The summed E-state index contributed by atoms with van der Waals surface area (Å²) in [6.07, 6.45) is 0.357. The Balaban J connectivity index is 2.03. The quantitative estimate of drug-likeness (QED) is 0.925. The fraction of sp³-hybridized carbons (Fsp3) is 0.133. The number of anilines is 1. The number of hydrogen-bond acceptors (Lipinski definition) is 2. The molecule has 0 saturated carbocycles. The average Bonchev–Trinajstić information content (AvgIpc) is 2.38. The highest BCUT2D eigenvalue weighted by molar-refractivity contribution is 5.57. The zero-order valence-electron chi connectivity index (χ0n) is 10.5. The monoisotopic (exact) mass is 276 g/mol. The molecule has 0 aliphatic heterocycles. The van der Waals surface area contributed by atoms with Gasteiger partial charge in [0.25, 0.3) is 0 Å². The Morgan fingerprint density at radius 2 is 1.75 bits per heavy atom. The summed E-state index contributed by atoms with van der Waals surface area (Å²) in [5.41, 5.74) is 0.784. The summed E-state index contributed by atoms with van der Waals surface area (Å²) < 4.78 is 39.3. The van der Waals surface area contributed by atoms with Crippen molar-refractivity contribution in [3.8, 4) is 6.07 Å². The average molecular weight is 276 g/mol. The van der Waals surface area contributed by atoms with Crippen LogP contribution < -0.4 is 5.32 Å². The van der Waals surface area contributed by atoms with Crippen molar-refractivity contribution in [3.05, 3.63) is 65.0 Å². The van der Waals surface area contributed by atoms with Gasteiger partial charge in [-0.25, -0.2) is 13.2 Å². The summed E-state index contributed by atoms with van der Waals surface area (Å²) in [5.74, 6) is -1.87. The highest BCUT2D eigenvalue weighted by atomic mass is 19.1. The van der Waals surface area contributed by atoms with Crippen LogP contribution in [0.15, 0.2) is 36.4 Å². The molecule has 0 spiro atoms. The minimum atomic E-state index is -0.636. The number of nitrogens with one attached hydrogen (secondary N) is 1. The van der Waals surface area contributed by atoms with Gasteiger partial charge in [0.15, 0.2) is 0 Å². The van der Waals surface area contributed by atoms with Crippen LogP contribution in [0.1, 0.15) is 11.1 Å². The Kier molecular flexibility index (Phi) is 4.26. The Hall–Kier alpha value is -2.48. The van der Waals surface area contributed by atoms with Crippen molar-refractivity contribution in [2.24, 2.45) is 0 Å². The molecule has 2 aromatic rings. The van der Waals surface area contributed by atoms with E-state index < -0.39 is 17.5 Å². The molecule has 0 saturated heterocycles. The second-order valence-corrected chi connectivity index (χ2v) is 4.23. The van der Waals surface area contributed by atoms with E-state index in [0.29, 0.717) is 24.2 Å². The van der Waals surface area contributed by atoms with Gasteiger partial charge in [0.2, 0.25) is 0 Å². The molecule has 20 heavy (non-hydrogen) atoms. The third kappa shape index (κ3) is 3.29. The highest BCUT2D eigenvalue weighted by Gasteiger charge is 2.07. The smallest absolute Gasteiger partial charge is 0.143 e. The van der Waals surface area contributed by atoms with Crippen LogP contribution in [0.2, 0.25) is 0 Å². The molecular formula is C15H11F3N2. The van der Waals surface area contributed by atoms with Gasteiger partial charge in [-0.05, 0) is 36.2 Å². The molecule has 0 atom stereocenters. The molecule has 2 nitrogen and oxygen atoms in total. The Morgan fingerprint density at radius 1 is 1.05 bits per heavy atom. The van der Waals surface area contributed by atoms with E-state index in [1.807, 2.05) is 0 Å². The van der Waals surface area contributed by atoms with Crippen molar-refractivity contribution in [2.75, 3.05) is 11.9 Å². The predicted octanol–water partition coefficient (Wildman–Crippen LogP) is 3.63. The third-order valence-electron chi connectivity index (χ3n) is 2.78. The van der Waals surface area contributed by atoms with Crippen LogP contribution in [0, 0.1) is 28.8 Å². The molecule has 0 fully saturated rings.